The third-order valence-corrected chi connectivity index (χ3v) is 2.43. The SMILES string of the molecule is C=C(C#N)N(c1ccccc1)c1ccccc1. The molecule has 0 bridgehead atoms. The van der Waals surface area contributed by atoms with Crippen molar-refractivity contribution in [2.24, 2.45) is 0 Å². The topological polar surface area (TPSA) is 27.0 Å². The van der Waals surface area contributed by atoms with E-state index in [2.05, 4.69) is 12.6 Å². The van der Waals surface area contributed by atoms with Crippen molar-refractivity contribution in [1.29, 1.82) is 5.26 Å². The van der Waals surface area contributed by atoms with Gasteiger partial charge in [-0.3, -0.25) is 0 Å². The number of allylic oxidation sites excluding steroid dienone is 1. The van der Waals surface area contributed by atoms with Gasteiger partial charge in [0.15, 0.2) is 0 Å². The molecule has 0 N–H and O–H groups in total. The van der Waals surface area contributed by atoms with E-state index in [0.717, 1.165) is 11.4 Å². The molecule has 0 saturated carbocycles. The van der Waals surface area contributed by atoms with Crippen LogP contribution in [0.4, 0.5) is 11.4 Å². The van der Waals surface area contributed by atoms with Gasteiger partial charge in [-0.2, -0.15) is 5.26 Å². The van der Waals surface area contributed by atoms with Crippen LogP contribution in [0, 0.1) is 11.3 Å². The summed E-state index contributed by atoms with van der Waals surface area (Å²) in [5, 5.41) is 9.04. The molecule has 0 unspecified atom stereocenters. The maximum absolute atomic E-state index is 9.04. The molecule has 82 valence electrons. The van der Waals surface area contributed by atoms with Gasteiger partial charge < -0.3 is 4.90 Å². The van der Waals surface area contributed by atoms with E-state index >= 15 is 0 Å². The highest BCUT2D eigenvalue weighted by molar-refractivity contribution is 5.69. The fourth-order valence-corrected chi connectivity index (χ4v) is 1.66. The Labute approximate surface area is 101 Å². The molecule has 0 radical (unpaired) electrons. The molecule has 2 heteroatoms. The van der Waals surface area contributed by atoms with Crippen LogP contribution in [0.1, 0.15) is 0 Å². The fraction of sp³-hybridized carbons (Fsp3) is 0. The van der Waals surface area contributed by atoms with Gasteiger partial charge in [-0.25, -0.2) is 0 Å². The van der Waals surface area contributed by atoms with Gasteiger partial charge in [-0.1, -0.05) is 43.0 Å². The van der Waals surface area contributed by atoms with E-state index in [1.54, 1.807) is 0 Å². The molecule has 0 aliphatic carbocycles. The third kappa shape index (κ3) is 2.35. The van der Waals surface area contributed by atoms with E-state index in [4.69, 9.17) is 5.26 Å². The molecule has 0 aliphatic rings. The van der Waals surface area contributed by atoms with Crippen LogP contribution in [0.25, 0.3) is 0 Å². The fourth-order valence-electron chi connectivity index (χ4n) is 1.66. The smallest absolute Gasteiger partial charge is 0.117 e. The molecule has 0 fully saturated rings. The summed E-state index contributed by atoms with van der Waals surface area (Å²) in [6, 6.07) is 21.6. The van der Waals surface area contributed by atoms with Crippen molar-refractivity contribution in [1.82, 2.24) is 0 Å². The number of benzene rings is 2. The van der Waals surface area contributed by atoms with Gasteiger partial charge >= 0.3 is 0 Å². The zero-order chi connectivity index (χ0) is 12.1. The lowest BCUT2D eigenvalue weighted by Crippen LogP contribution is -2.14. The first kappa shape index (κ1) is 11.0. The molecule has 0 aliphatic heterocycles. The van der Waals surface area contributed by atoms with Gasteiger partial charge in [-0.15, -0.1) is 0 Å². The number of nitriles is 1. The normalized spacial score (nSPS) is 9.35. The third-order valence-electron chi connectivity index (χ3n) is 2.43. The van der Waals surface area contributed by atoms with Crippen molar-refractivity contribution in [3.63, 3.8) is 0 Å². The number of nitrogens with zero attached hydrogens (tertiary/aromatic N) is 2. The Kier molecular flexibility index (Phi) is 3.23. The summed E-state index contributed by atoms with van der Waals surface area (Å²) < 4.78 is 0. The molecule has 17 heavy (non-hydrogen) atoms. The second kappa shape index (κ2) is 5.00. The predicted octanol–water partition coefficient (Wildman–Crippen LogP) is 3.86. The van der Waals surface area contributed by atoms with Crippen molar-refractivity contribution >= 4 is 11.4 Å². The largest absolute Gasteiger partial charge is 0.302 e. The molecule has 2 aromatic carbocycles. The minimum absolute atomic E-state index is 0.405. The maximum atomic E-state index is 9.04. The van der Waals surface area contributed by atoms with Gasteiger partial charge in [0.25, 0.3) is 0 Å². The molecule has 0 heterocycles. The molecule has 0 aromatic heterocycles. The van der Waals surface area contributed by atoms with Gasteiger partial charge in [0, 0.05) is 11.4 Å². The molecular formula is C15H12N2. The summed E-state index contributed by atoms with van der Waals surface area (Å²) in [4.78, 5) is 1.83. The van der Waals surface area contributed by atoms with Crippen LogP contribution in [0.5, 0.6) is 0 Å². The van der Waals surface area contributed by atoms with E-state index in [1.807, 2.05) is 65.6 Å². The van der Waals surface area contributed by atoms with Crippen LogP contribution >= 0.6 is 0 Å². The van der Waals surface area contributed by atoms with E-state index < -0.39 is 0 Å². The predicted molar refractivity (Wildman–Crippen MR) is 69.8 cm³/mol. The summed E-state index contributed by atoms with van der Waals surface area (Å²) in [6.07, 6.45) is 0. The first-order chi connectivity index (χ1) is 8.33. The van der Waals surface area contributed by atoms with Crippen molar-refractivity contribution < 1.29 is 0 Å². The number of hydrogen-bond donors (Lipinski definition) is 0. The van der Waals surface area contributed by atoms with Crippen molar-refractivity contribution in [2.75, 3.05) is 4.90 Å². The number of anilines is 2. The summed E-state index contributed by atoms with van der Waals surface area (Å²) in [7, 11) is 0. The average molecular weight is 220 g/mol. The van der Waals surface area contributed by atoms with Gasteiger partial charge in [0.1, 0.15) is 11.8 Å². The van der Waals surface area contributed by atoms with Crippen molar-refractivity contribution in [3.8, 4) is 6.07 Å². The number of hydrogen-bond acceptors (Lipinski definition) is 2. The van der Waals surface area contributed by atoms with Crippen LogP contribution in [-0.2, 0) is 0 Å². The molecular weight excluding hydrogens is 208 g/mol. The molecule has 2 rings (SSSR count). The monoisotopic (exact) mass is 220 g/mol. The highest BCUT2D eigenvalue weighted by Gasteiger charge is 2.11. The average Bonchev–Trinajstić information content (AvgIpc) is 2.41. The molecule has 2 nitrogen and oxygen atoms in total. The van der Waals surface area contributed by atoms with Gasteiger partial charge in [0.2, 0.25) is 0 Å². The highest BCUT2D eigenvalue weighted by Crippen LogP contribution is 2.28. The zero-order valence-corrected chi connectivity index (χ0v) is 9.38. The Morgan fingerprint density at radius 2 is 1.29 bits per heavy atom. The van der Waals surface area contributed by atoms with E-state index in [1.165, 1.54) is 0 Å². The summed E-state index contributed by atoms with van der Waals surface area (Å²) in [6.45, 7) is 3.79. The van der Waals surface area contributed by atoms with Gasteiger partial charge in [0.05, 0.1) is 0 Å². The molecule has 2 aromatic rings. The van der Waals surface area contributed by atoms with E-state index in [-0.39, 0.29) is 0 Å². The Bertz CT molecular complexity index is 499. The van der Waals surface area contributed by atoms with Crippen LogP contribution in [0.15, 0.2) is 72.9 Å². The lowest BCUT2D eigenvalue weighted by atomic mass is 10.2. The zero-order valence-electron chi connectivity index (χ0n) is 9.38. The quantitative estimate of drug-likeness (QED) is 0.734. The first-order valence-corrected chi connectivity index (χ1v) is 5.32. The minimum Gasteiger partial charge on any atom is -0.302 e. The Morgan fingerprint density at radius 3 is 1.65 bits per heavy atom. The maximum Gasteiger partial charge on any atom is 0.117 e. The summed E-state index contributed by atoms with van der Waals surface area (Å²) in [5.41, 5.74) is 2.28. The van der Waals surface area contributed by atoms with Crippen LogP contribution in [0.2, 0.25) is 0 Å². The molecule has 0 spiro atoms. The van der Waals surface area contributed by atoms with E-state index in [0.29, 0.717) is 5.70 Å². The second-order valence-corrected chi connectivity index (χ2v) is 3.57. The summed E-state index contributed by atoms with van der Waals surface area (Å²) >= 11 is 0. The van der Waals surface area contributed by atoms with Crippen LogP contribution < -0.4 is 4.90 Å². The lowest BCUT2D eigenvalue weighted by Gasteiger charge is -2.23. The van der Waals surface area contributed by atoms with E-state index in [9.17, 15) is 0 Å². The second-order valence-electron chi connectivity index (χ2n) is 3.57. The Morgan fingerprint density at radius 1 is 0.882 bits per heavy atom. The summed E-state index contributed by atoms with van der Waals surface area (Å²) in [5.74, 6) is 0. The molecule has 0 atom stereocenters. The number of para-hydroxylation sites is 2. The Balaban J connectivity index is 2.48. The van der Waals surface area contributed by atoms with Gasteiger partial charge in [-0.05, 0) is 24.3 Å². The standard InChI is InChI=1S/C15H12N2/c1-13(12-16)17(14-8-4-2-5-9-14)15-10-6-3-7-11-15/h2-11H,1H2. The molecule has 0 amide bonds. The van der Waals surface area contributed by atoms with Crippen molar-refractivity contribution in [2.45, 2.75) is 0 Å². The van der Waals surface area contributed by atoms with Crippen molar-refractivity contribution in [3.05, 3.63) is 72.9 Å². The number of rotatable bonds is 3. The lowest BCUT2D eigenvalue weighted by molar-refractivity contribution is 1.22. The molecule has 0 saturated heterocycles. The highest BCUT2D eigenvalue weighted by atomic mass is 15.1. The minimum atomic E-state index is 0.405. The van der Waals surface area contributed by atoms with Crippen LogP contribution in [-0.4, -0.2) is 0 Å². The first-order valence-electron chi connectivity index (χ1n) is 5.32. The van der Waals surface area contributed by atoms with Crippen LogP contribution in [0.3, 0.4) is 0 Å². The Hall–Kier alpha value is -2.53.